The summed E-state index contributed by atoms with van der Waals surface area (Å²) in [6.07, 6.45) is 3.88. The number of hydrogen-bond donors (Lipinski definition) is 2. The van der Waals surface area contributed by atoms with Crippen LogP contribution in [0.5, 0.6) is 0 Å². The van der Waals surface area contributed by atoms with Crippen LogP contribution >= 0.6 is 0 Å². The van der Waals surface area contributed by atoms with Crippen molar-refractivity contribution < 1.29 is 8.83 Å². The Morgan fingerprint density at radius 3 is 1.17 bits per heavy atom. The maximum atomic E-state index is 6.36. The van der Waals surface area contributed by atoms with E-state index in [9.17, 15) is 0 Å². The predicted octanol–water partition coefficient (Wildman–Crippen LogP) is 9.34. The van der Waals surface area contributed by atoms with Gasteiger partial charge in [0.15, 0.2) is 0 Å². The van der Waals surface area contributed by atoms with E-state index in [4.69, 9.17) is 8.83 Å². The molecule has 2 N–H and O–H groups in total. The molecule has 0 aliphatic carbocycles. The minimum Gasteiger partial charge on any atom is -0.437 e. The van der Waals surface area contributed by atoms with Gasteiger partial charge in [-0.05, 0) is 17.5 Å². The first-order valence-electron chi connectivity index (χ1n) is 15.6. The Bertz CT molecular complexity index is 2100. The Morgan fingerprint density at radius 2 is 0.787 bits per heavy atom. The predicted molar refractivity (Wildman–Crippen MR) is 187 cm³/mol. The maximum absolute atomic E-state index is 6.36. The smallest absolute Gasteiger partial charge is 0.232 e. The van der Waals surface area contributed by atoms with Crippen LogP contribution in [0.4, 0.5) is 11.6 Å². The monoisotopic (exact) mass is 614 g/mol. The molecule has 0 spiro atoms. The third-order valence-corrected chi connectivity index (χ3v) is 8.11. The van der Waals surface area contributed by atoms with Crippen molar-refractivity contribution in [3.8, 4) is 44.9 Å². The molecule has 228 valence electrons. The lowest BCUT2D eigenvalue weighted by Crippen LogP contribution is -2.11. The molecular formula is C39H30N6O2. The lowest BCUT2D eigenvalue weighted by molar-refractivity contribution is 0.618. The van der Waals surface area contributed by atoms with Crippen LogP contribution in [0.25, 0.3) is 67.1 Å². The molecule has 0 aliphatic heterocycles. The summed E-state index contributed by atoms with van der Waals surface area (Å²) in [4.78, 5) is 18.3. The molecule has 47 heavy (non-hydrogen) atoms. The molecule has 0 aliphatic rings. The van der Waals surface area contributed by atoms with E-state index in [1.807, 2.05) is 97.1 Å². The standard InChI is InChI=1S/C39H30N6O2/c1-5-14-26(15-6-1)30-32-36(42-24-44-38(32)46-34(30)28-18-9-3-10-19-28)40-22-13-23-41-37-33-31(27-16-7-2-8-17-27)35(29-20-11-4-12-21-29)47-39(33)45-25-43-37/h1-12,14-21,24-25H,13,22-23H2,(H,40,42,44)(H,41,43,45). The first kappa shape index (κ1) is 28.2. The number of furan rings is 2. The van der Waals surface area contributed by atoms with Crippen LogP contribution in [0, 0.1) is 0 Å². The highest BCUT2D eigenvalue weighted by Gasteiger charge is 2.23. The second-order valence-corrected chi connectivity index (χ2v) is 11.1. The van der Waals surface area contributed by atoms with E-state index >= 15 is 0 Å². The van der Waals surface area contributed by atoms with Crippen molar-refractivity contribution in [2.24, 2.45) is 0 Å². The van der Waals surface area contributed by atoms with Gasteiger partial charge in [0.2, 0.25) is 11.4 Å². The molecule has 4 aromatic carbocycles. The van der Waals surface area contributed by atoms with Gasteiger partial charge >= 0.3 is 0 Å². The number of fused-ring (bicyclic) bond motifs is 2. The first-order chi connectivity index (χ1) is 23.3. The second-order valence-electron chi connectivity index (χ2n) is 11.1. The van der Waals surface area contributed by atoms with Crippen molar-refractivity contribution in [2.75, 3.05) is 23.7 Å². The Kier molecular flexibility index (Phi) is 7.57. The third kappa shape index (κ3) is 5.46. The molecule has 4 aromatic heterocycles. The van der Waals surface area contributed by atoms with E-state index in [0.717, 1.165) is 73.7 Å². The van der Waals surface area contributed by atoms with Gasteiger partial charge in [-0.25, -0.2) is 19.9 Å². The van der Waals surface area contributed by atoms with E-state index in [-0.39, 0.29) is 0 Å². The lowest BCUT2D eigenvalue weighted by Gasteiger charge is -2.10. The van der Waals surface area contributed by atoms with Crippen molar-refractivity contribution in [3.05, 3.63) is 134 Å². The number of aromatic nitrogens is 4. The van der Waals surface area contributed by atoms with Crippen LogP contribution in [0.3, 0.4) is 0 Å². The van der Waals surface area contributed by atoms with Crippen molar-refractivity contribution >= 4 is 33.8 Å². The Balaban J connectivity index is 1.06. The zero-order chi connectivity index (χ0) is 31.4. The van der Waals surface area contributed by atoms with Crippen LogP contribution < -0.4 is 10.6 Å². The quantitative estimate of drug-likeness (QED) is 0.147. The minimum atomic E-state index is 0.546. The van der Waals surface area contributed by atoms with Crippen molar-refractivity contribution in [2.45, 2.75) is 6.42 Å². The van der Waals surface area contributed by atoms with Gasteiger partial charge in [-0.15, -0.1) is 0 Å². The fourth-order valence-electron chi connectivity index (χ4n) is 5.98. The number of nitrogens with one attached hydrogen (secondary N) is 2. The van der Waals surface area contributed by atoms with E-state index in [0.29, 0.717) is 24.5 Å². The third-order valence-electron chi connectivity index (χ3n) is 8.11. The number of nitrogens with zero attached hydrogens (tertiary/aromatic N) is 4. The van der Waals surface area contributed by atoms with Gasteiger partial charge in [-0.1, -0.05) is 121 Å². The summed E-state index contributed by atoms with van der Waals surface area (Å²) in [6.45, 7) is 1.33. The summed E-state index contributed by atoms with van der Waals surface area (Å²) in [5, 5.41) is 8.82. The van der Waals surface area contributed by atoms with Crippen molar-refractivity contribution in [1.82, 2.24) is 19.9 Å². The fourth-order valence-corrected chi connectivity index (χ4v) is 5.98. The molecule has 8 nitrogen and oxygen atoms in total. The van der Waals surface area contributed by atoms with Crippen LogP contribution in [-0.4, -0.2) is 33.0 Å². The molecular weight excluding hydrogens is 584 g/mol. The van der Waals surface area contributed by atoms with Crippen LogP contribution in [0.1, 0.15) is 6.42 Å². The molecule has 8 rings (SSSR count). The molecule has 0 saturated heterocycles. The topological polar surface area (TPSA) is 102 Å². The van der Waals surface area contributed by atoms with Gasteiger partial charge in [0.25, 0.3) is 0 Å². The summed E-state index contributed by atoms with van der Waals surface area (Å²) in [5.74, 6) is 3.01. The second kappa shape index (κ2) is 12.6. The summed E-state index contributed by atoms with van der Waals surface area (Å²) in [6, 6.07) is 40.7. The Morgan fingerprint density at radius 1 is 0.426 bits per heavy atom. The van der Waals surface area contributed by atoms with Gasteiger partial charge in [-0.2, -0.15) is 0 Å². The number of rotatable bonds is 10. The normalized spacial score (nSPS) is 11.2. The minimum absolute atomic E-state index is 0.546. The molecule has 0 unspecified atom stereocenters. The summed E-state index contributed by atoms with van der Waals surface area (Å²) < 4.78 is 12.7. The first-order valence-corrected chi connectivity index (χ1v) is 15.6. The molecule has 0 bridgehead atoms. The van der Waals surface area contributed by atoms with Crippen LogP contribution in [0.2, 0.25) is 0 Å². The molecule has 0 atom stereocenters. The van der Waals surface area contributed by atoms with E-state index in [1.54, 1.807) is 12.7 Å². The highest BCUT2D eigenvalue weighted by molar-refractivity contribution is 6.07. The van der Waals surface area contributed by atoms with Crippen molar-refractivity contribution in [3.63, 3.8) is 0 Å². The number of anilines is 2. The summed E-state index contributed by atoms with van der Waals surface area (Å²) in [7, 11) is 0. The largest absolute Gasteiger partial charge is 0.437 e. The fraction of sp³-hybridized carbons (Fsp3) is 0.0769. The average molecular weight is 615 g/mol. The van der Waals surface area contributed by atoms with Gasteiger partial charge in [0, 0.05) is 35.3 Å². The van der Waals surface area contributed by atoms with Gasteiger partial charge in [0.05, 0.1) is 10.8 Å². The van der Waals surface area contributed by atoms with Gasteiger partial charge in [0.1, 0.15) is 35.8 Å². The SMILES string of the molecule is c1ccc(-c2oc3ncnc(NCCCNc4ncnc5oc(-c6ccccc6)c(-c6ccccc6)c45)c3c2-c2ccccc2)cc1. The number of hydrogen-bond acceptors (Lipinski definition) is 8. The molecule has 8 heteroatoms. The highest BCUT2D eigenvalue weighted by atomic mass is 16.3. The molecule has 8 aromatic rings. The zero-order valence-corrected chi connectivity index (χ0v) is 25.4. The Hall–Kier alpha value is -6.28. The summed E-state index contributed by atoms with van der Waals surface area (Å²) >= 11 is 0. The zero-order valence-electron chi connectivity index (χ0n) is 25.4. The lowest BCUT2D eigenvalue weighted by atomic mass is 9.99. The molecule has 0 saturated carbocycles. The van der Waals surface area contributed by atoms with E-state index in [2.05, 4.69) is 54.8 Å². The van der Waals surface area contributed by atoms with Crippen LogP contribution in [0.15, 0.2) is 143 Å². The Labute approximate surface area is 271 Å². The molecule has 0 radical (unpaired) electrons. The van der Waals surface area contributed by atoms with Gasteiger partial charge < -0.3 is 19.5 Å². The summed E-state index contributed by atoms with van der Waals surface area (Å²) in [5.41, 5.74) is 7.09. The van der Waals surface area contributed by atoms with E-state index < -0.39 is 0 Å². The molecule has 4 heterocycles. The van der Waals surface area contributed by atoms with Crippen LogP contribution in [-0.2, 0) is 0 Å². The van der Waals surface area contributed by atoms with Gasteiger partial charge in [-0.3, -0.25) is 0 Å². The maximum Gasteiger partial charge on any atom is 0.232 e. The number of benzene rings is 4. The highest BCUT2D eigenvalue weighted by Crippen LogP contribution is 2.43. The average Bonchev–Trinajstić information content (AvgIpc) is 3.74. The van der Waals surface area contributed by atoms with Crippen molar-refractivity contribution in [1.29, 1.82) is 0 Å². The molecule has 0 amide bonds. The van der Waals surface area contributed by atoms with E-state index in [1.165, 1.54) is 0 Å². The molecule has 0 fully saturated rings.